The molecule has 8 aromatic rings. The molecule has 0 aromatic carbocycles. The van der Waals surface area contributed by atoms with E-state index in [1.54, 1.807) is 21.1 Å². The molecule has 10 amide bonds. The van der Waals surface area contributed by atoms with Crippen molar-refractivity contribution in [1.82, 2.24) is 57.1 Å². The van der Waals surface area contributed by atoms with Crippen LogP contribution in [-0.4, -0.2) is 135 Å². The zero-order valence-electron chi connectivity index (χ0n) is 48.1. The molecule has 0 saturated carbocycles. The van der Waals surface area contributed by atoms with Crippen LogP contribution in [0.2, 0.25) is 0 Å². The molecule has 0 saturated heterocycles. The van der Waals surface area contributed by atoms with Crippen LogP contribution in [0.25, 0.3) is 0 Å². The number of aryl methyl sites for hydroxylation is 8. The Kier molecular flexibility index (Phi) is 16.7. The Bertz CT molecular complexity index is 4140. The third kappa shape index (κ3) is 13.0. The summed E-state index contributed by atoms with van der Waals surface area (Å²) in [4.78, 5) is 142. The molecule has 1 aliphatic heterocycles. The Labute approximate surface area is 492 Å². The number of nitrogens with zero attached hydrogens (tertiary/aromatic N) is 10. The maximum absolute atomic E-state index is 13.6. The average Bonchev–Trinajstić information content (AvgIpc) is 2.19. The molecule has 33 nitrogen and oxygen atoms in total. The predicted octanol–water partition coefficient (Wildman–Crippen LogP) is 1.66. The minimum atomic E-state index is -1.15. The van der Waals surface area contributed by atoms with Crippen LogP contribution >= 0.6 is 0 Å². The van der Waals surface area contributed by atoms with Crippen LogP contribution in [-0.2, 0) is 66.0 Å². The standard InChI is InChI=1S/C54H61N21O12/c1-68-18-26-14-33(68)47(80)56-12-9-10-39(76)64-37-24-74(7)44(65-37)53(86)60-28-16-35(70(3)20-28)49(82)62-32-23-73(6)41(43(32)78)52(85)59-27-15-34(69(2)19-27)48(81)57-13-11-30(55)46(79)67-38-25-75(8)45(66-38)54(87)61-29-17-36(71(4)21-29)50(83)63-31-22-72(5)40(42(31)77)51(84)58-26/h14-25,30,77-78H,9-13,55H2,1-8H3,(H,56,80)(H,57,81)(H,58,84)(H,59,85)(H,60,86)(H,61,87)(H,62,82)(H,63,83)(H,64,76)(H,67,79). The highest BCUT2D eigenvalue weighted by Crippen LogP contribution is 2.33. The highest BCUT2D eigenvalue weighted by atomic mass is 16.3. The quantitative estimate of drug-likeness (QED) is 0.103. The number of hydrogen-bond donors (Lipinski definition) is 13. The molecule has 454 valence electrons. The maximum atomic E-state index is 13.6. The summed E-state index contributed by atoms with van der Waals surface area (Å²) >= 11 is 0. The van der Waals surface area contributed by atoms with E-state index in [4.69, 9.17) is 5.73 Å². The van der Waals surface area contributed by atoms with Crippen molar-refractivity contribution in [2.45, 2.75) is 25.3 Å². The summed E-state index contributed by atoms with van der Waals surface area (Å²) in [6.45, 7) is 0.0126. The van der Waals surface area contributed by atoms with Gasteiger partial charge >= 0.3 is 0 Å². The summed E-state index contributed by atoms with van der Waals surface area (Å²) in [6.07, 6.45) is 11.4. The van der Waals surface area contributed by atoms with Gasteiger partial charge in [-0.1, -0.05) is 0 Å². The van der Waals surface area contributed by atoms with Crippen molar-refractivity contribution in [1.29, 1.82) is 0 Å². The van der Waals surface area contributed by atoms with Gasteiger partial charge in [-0.15, -0.1) is 0 Å². The smallest absolute Gasteiger partial charge is 0.291 e. The number of nitrogens with one attached hydrogen (secondary N) is 10. The maximum Gasteiger partial charge on any atom is 0.291 e. The number of carbonyl (C=O) groups is 10. The Morgan fingerprint density at radius 1 is 0.414 bits per heavy atom. The lowest BCUT2D eigenvalue weighted by molar-refractivity contribution is -0.117. The molecule has 1 aliphatic rings. The molecule has 0 spiro atoms. The number of fused-ring (bicyclic) bond motifs is 16. The zero-order valence-corrected chi connectivity index (χ0v) is 48.1. The normalized spacial score (nSPS) is 15.9. The summed E-state index contributed by atoms with van der Waals surface area (Å²) in [5.41, 5.74) is 6.55. The number of amides is 10. The van der Waals surface area contributed by atoms with E-state index in [1.807, 2.05) is 0 Å². The predicted molar refractivity (Wildman–Crippen MR) is 314 cm³/mol. The van der Waals surface area contributed by atoms with Crippen LogP contribution in [0.1, 0.15) is 103 Å². The van der Waals surface area contributed by atoms with Gasteiger partial charge in [0.25, 0.3) is 47.3 Å². The lowest BCUT2D eigenvalue weighted by Crippen LogP contribution is -2.39. The zero-order chi connectivity index (χ0) is 62.9. The molecule has 0 radical (unpaired) electrons. The SMILES string of the molecule is Cn1cc2cc1C(=O)NCCCC(=O)Nc1cn(C)c(n1)C(=O)Nc1cc(n(C)c1)C(=O)Nc1cn(C)c(c1O)C(=O)Nc1cc(n(C)c1)C(=O)NCCC(N)C(=O)Nc1cn(C)c(n1)C(=O)Nc1cc(n(C)c1)C(=O)Nc1cn(C)c(c1O)C(=O)N2. The number of anilines is 8. The molecule has 9 heterocycles. The van der Waals surface area contributed by atoms with Gasteiger partial charge in [-0.3, -0.25) is 47.9 Å². The van der Waals surface area contributed by atoms with Crippen molar-refractivity contribution in [2.75, 3.05) is 55.6 Å². The number of aromatic nitrogens is 10. The Balaban J connectivity index is 0.894. The second kappa shape index (κ2) is 24.3. The first kappa shape index (κ1) is 60.0. The van der Waals surface area contributed by atoms with Crippen LogP contribution in [0.15, 0.2) is 73.8 Å². The van der Waals surface area contributed by atoms with Gasteiger partial charge < -0.3 is 106 Å². The Hall–Kier alpha value is -11.6. The van der Waals surface area contributed by atoms with Crippen molar-refractivity contribution in [3.8, 4) is 11.5 Å². The van der Waals surface area contributed by atoms with E-state index in [1.165, 1.54) is 146 Å². The summed E-state index contributed by atoms with van der Waals surface area (Å²) in [6, 6.07) is 4.37. The molecular weight excluding hydrogens is 1130 g/mol. The van der Waals surface area contributed by atoms with E-state index in [0.29, 0.717) is 0 Å². The van der Waals surface area contributed by atoms with Crippen LogP contribution in [0.5, 0.6) is 11.5 Å². The van der Waals surface area contributed by atoms with E-state index in [0.717, 1.165) is 0 Å². The minimum Gasteiger partial charge on any atom is -0.504 e. The lowest BCUT2D eigenvalue weighted by atomic mass is 10.2. The van der Waals surface area contributed by atoms with Gasteiger partial charge in [-0.25, -0.2) is 9.97 Å². The molecule has 8 aromatic heterocycles. The first-order valence-electron chi connectivity index (χ1n) is 26.5. The Morgan fingerprint density at radius 3 is 1.20 bits per heavy atom. The van der Waals surface area contributed by atoms with Crippen molar-refractivity contribution >= 4 is 105 Å². The number of carbonyl (C=O) groups excluding carboxylic acids is 10. The van der Waals surface area contributed by atoms with Gasteiger partial charge in [-0.05, 0) is 37.1 Å². The Morgan fingerprint density at radius 2 is 0.782 bits per heavy atom. The summed E-state index contributed by atoms with van der Waals surface area (Å²) < 4.78 is 11.0. The number of hydrogen-bond acceptors (Lipinski definition) is 15. The van der Waals surface area contributed by atoms with Crippen molar-refractivity contribution < 1.29 is 58.2 Å². The van der Waals surface area contributed by atoms with Gasteiger partial charge in [0.1, 0.15) is 34.2 Å². The molecule has 1 unspecified atom stereocenters. The molecular formula is C54H61N21O12. The number of nitrogens with two attached hydrogens (primary N) is 1. The van der Waals surface area contributed by atoms with Gasteiger partial charge in [0.2, 0.25) is 23.5 Å². The molecule has 0 aliphatic carbocycles. The van der Waals surface area contributed by atoms with Gasteiger partial charge in [0.05, 0.1) is 28.8 Å². The van der Waals surface area contributed by atoms with E-state index in [2.05, 4.69) is 63.1 Å². The van der Waals surface area contributed by atoms with E-state index >= 15 is 0 Å². The molecule has 1 atom stereocenters. The second-order valence-electron chi connectivity index (χ2n) is 20.5. The fourth-order valence-electron chi connectivity index (χ4n) is 9.51. The monoisotopic (exact) mass is 1200 g/mol. The fraction of sp³-hybridized carbons (Fsp3) is 0.259. The van der Waals surface area contributed by atoms with Crippen molar-refractivity contribution in [3.63, 3.8) is 0 Å². The largest absolute Gasteiger partial charge is 0.504 e. The molecule has 9 rings (SSSR count). The van der Waals surface area contributed by atoms with Crippen LogP contribution in [0.4, 0.5) is 45.8 Å². The third-order valence-corrected chi connectivity index (χ3v) is 13.8. The fourth-order valence-corrected chi connectivity index (χ4v) is 9.51. The summed E-state index contributed by atoms with van der Waals surface area (Å²) in [5, 5.41) is 48.7. The van der Waals surface area contributed by atoms with E-state index in [9.17, 15) is 58.2 Å². The lowest BCUT2D eigenvalue weighted by Gasteiger charge is -2.12. The first-order chi connectivity index (χ1) is 41.2. The second-order valence-corrected chi connectivity index (χ2v) is 20.5. The first-order valence-corrected chi connectivity index (χ1v) is 26.5. The molecule has 87 heavy (non-hydrogen) atoms. The molecule has 33 heteroatoms. The number of aromatic hydroxyl groups is 2. The number of imidazole rings is 2. The molecule has 0 fully saturated rings. The number of rotatable bonds is 0. The van der Waals surface area contributed by atoms with Gasteiger partial charge in [0, 0.05) is 125 Å². The van der Waals surface area contributed by atoms with Crippen LogP contribution < -0.4 is 58.9 Å². The average molecular weight is 1200 g/mol. The third-order valence-electron chi connectivity index (χ3n) is 13.8. The minimum absolute atomic E-state index is 0.0141. The van der Waals surface area contributed by atoms with Gasteiger partial charge in [0.15, 0.2) is 34.5 Å². The van der Waals surface area contributed by atoms with E-state index in [-0.39, 0.29) is 124 Å². The van der Waals surface area contributed by atoms with Crippen molar-refractivity contribution in [2.24, 2.45) is 62.1 Å². The topological polar surface area (TPSA) is 423 Å². The molecule has 16 bridgehead atoms. The molecule has 14 N–H and O–H groups in total. The van der Waals surface area contributed by atoms with E-state index < -0.39 is 76.6 Å². The van der Waals surface area contributed by atoms with Crippen LogP contribution in [0, 0.1) is 0 Å². The summed E-state index contributed by atoms with van der Waals surface area (Å²) in [7, 11) is 12.2. The highest BCUT2D eigenvalue weighted by Gasteiger charge is 2.28. The highest BCUT2D eigenvalue weighted by molar-refractivity contribution is 6.12. The van der Waals surface area contributed by atoms with Crippen LogP contribution in [0.3, 0.4) is 0 Å². The van der Waals surface area contributed by atoms with Gasteiger partial charge in [-0.2, -0.15) is 0 Å². The summed E-state index contributed by atoms with van der Waals surface area (Å²) in [5.74, 6) is -7.94. The van der Waals surface area contributed by atoms with Crippen molar-refractivity contribution in [3.05, 3.63) is 120 Å².